The van der Waals surface area contributed by atoms with E-state index in [0.717, 1.165) is 70.4 Å². The molecule has 75 heavy (non-hydrogen) atoms. The number of aliphatic hydroxyl groups excluding tert-OH is 1. The molecule has 0 aromatic heterocycles. The molecule has 10 heteroatoms. The van der Waals surface area contributed by atoms with Gasteiger partial charge in [0.05, 0.1) is 5.69 Å². The van der Waals surface area contributed by atoms with E-state index in [0.29, 0.717) is 38.7 Å². The van der Waals surface area contributed by atoms with Crippen molar-refractivity contribution < 1.29 is 25.5 Å². The molecule has 0 heterocycles. The molecule has 0 unspecified atom stereocenters. The molecule has 0 fully saturated rings. The van der Waals surface area contributed by atoms with Gasteiger partial charge in [0.1, 0.15) is 35.0 Å². The van der Waals surface area contributed by atoms with E-state index in [1.807, 2.05) is 88.4 Å². The van der Waals surface area contributed by atoms with Gasteiger partial charge >= 0.3 is 0 Å². The average Bonchev–Trinajstić information content (AvgIpc) is 3.47. The molecule has 11 rings (SSSR count). The first-order valence-corrected chi connectivity index (χ1v) is 25.4. The smallest absolute Gasteiger partial charge is 0.165 e. The maximum absolute atomic E-state index is 10.9. The summed E-state index contributed by atoms with van der Waals surface area (Å²) in [6, 6.07) is 56.1. The summed E-state index contributed by atoms with van der Waals surface area (Å²) in [6.45, 7) is 11.5. The Kier molecular flexibility index (Phi) is 16.1. The second-order valence-electron chi connectivity index (χ2n) is 17.8. The number of para-hydroxylation sites is 2. The van der Waals surface area contributed by atoms with Gasteiger partial charge < -0.3 is 35.3 Å². The Hall–Kier alpha value is -8.33. The first kappa shape index (κ1) is 53.0. The normalized spacial score (nSPS) is 11.9. The van der Waals surface area contributed by atoms with Crippen LogP contribution < -0.4 is 26.2 Å². The number of aliphatic hydroxyl groups is 1. The van der Waals surface area contributed by atoms with Gasteiger partial charge in [-0.05, 0) is 142 Å². The van der Waals surface area contributed by atoms with Crippen LogP contribution in [0.3, 0.4) is 0 Å². The number of phenolic OH excluding ortho intramolecular Hbond substituents is 4. The van der Waals surface area contributed by atoms with E-state index in [9.17, 15) is 20.4 Å². The van der Waals surface area contributed by atoms with Crippen LogP contribution in [0.2, 0.25) is 0 Å². The molecular formula is C65H59B3N2O5. The van der Waals surface area contributed by atoms with Crippen molar-refractivity contribution >= 4 is 106 Å². The van der Waals surface area contributed by atoms with Crippen LogP contribution in [0.1, 0.15) is 57.2 Å². The lowest BCUT2D eigenvalue weighted by molar-refractivity contribution is 0.399. The van der Waals surface area contributed by atoms with Gasteiger partial charge in [-0.1, -0.05) is 159 Å². The molecule has 7 nitrogen and oxygen atoms in total. The molecule has 0 aliphatic heterocycles. The van der Waals surface area contributed by atoms with Crippen molar-refractivity contribution in [3.05, 3.63) is 198 Å². The van der Waals surface area contributed by atoms with E-state index < -0.39 is 5.75 Å². The van der Waals surface area contributed by atoms with Crippen molar-refractivity contribution in [1.82, 2.24) is 0 Å². The van der Waals surface area contributed by atoms with Crippen molar-refractivity contribution in [2.45, 2.75) is 54.4 Å². The van der Waals surface area contributed by atoms with Crippen LogP contribution in [-0.4, -0.2) is 56.2 Å². The summed E-state index contributed by atoms with van der Waals surface area (Å²) in [6.07, 6.45) is 6.16. The van der Waals surface area contributed by atoms with Crippen LogP contribution in [-0.2, 0) is 0 Å². The number of benzene rings is 10. The topological polar surface area (TPSA) is 108 Å². The summed E-state index contributed by atoms with van der Waals surface area (Å²) < 4.78 is 0. The van der Waals surface area contributed by atoms with Crippen LogP contribution in [0.4, 0.5) is 28.4 Å². The lowest BCUT2D eigenvalue weighted by Gasteiger charge is -2.30. The fraction of sp³-hybridized carbons (Fsp3) is 0.138. The predicted octanol–water partition coefficient (Wildman–Crippen LogP) is 13.8. The van der Waals surface area contributed by atoms with E-state index in [4.69, 9.17) is 28.6 Å². The highest BCUT2D eigenvalue weighted by Gasteiger charge is 2.24. The van der Waals surface area contributed by atoms with Crippen LogP contribution in [0.25, 0.3) is 60.1 Å². The molecule has 0 saturated heterocycles. The standard InChI is InChI=1S/C60H43B3N2O4.2C2H6.CH4O/c1-34-50(61)33-49(58(67)55(34)62)37-15-25-44(26-16-37)64(41-9-5-3-6-10-41)43-23-13-36(14-24-43)46-29-19-39-21-31-48-51(32-22-40-20-30-47(46)53(39)54(40)48)65(42-11-7-4-8-12-42)45-27-17-38(18-28-45)52-35(2)57(66)56(63)60(69)59(52)68;3*1-2/h3-13,15-23,25-33,66-69H,14,24H2,1-2H3;2*1-2H3;2H,1H3. The van der Waals surface area contributed by atoms with Gasteiger partial charge in [0.2, 0.25) is 0 Å². The third-order valence-electron chi connectivity index (χ3n) is 13.9. The zero-order valence-electron chi connectivity index (χ0n) is 43.5. The predicted molar refractivity (Wildman–Crippen MR) is 319 cm³/mol. The molecule has 1 aliphatic carbocycles. The van der Waals surface area contributed by atoms with Crippen LogP contribution in [0.15, 0.2) is 182 Å². The lowest BCUT2D eigenvalue weighted by atomic mass is 9.78. The number of phenols is 4. The molecule has 0 bridgehead atoms. The van der Waals surface area contributed by atoms with Crippen molar-refractivity contribution in [1.29, 1.82) is 0 Å². The highest BCUT2D eigenvalue weighted by molar-refractivity contribution is 6.41. The van der Waals surface area contributed by atoms with E-state index in [1.54, 1.807) is 19.9 Å². The van der Waals surface area contributed by atoms with E-state index >= 15 is 0 Å². The number of allylic oxidation sites excluding steroid dienone is 4. The Morgan fingerprint density at radius 2 is 0.933 bits per heavy atom. The monoisotopic (exact) mass is 980 g/mol. The molecular weight excluding hydrogens is 921 g/mol. The number of anilines is 5. The Labute approximate surface area is 444 Å². The summed E-state index contributed by atoms with van der Waals surface area (Å²) in [5.41, 5.74) is 12.5. The molecule has 5 N–H and O–H groups in total. The van der Waals surface area contributed by atoms with Crippen molar-refractivity contribution in [3.63, 3.8) is 0 Å². The molecule has 0 spiro atoms. The first-order valence-electron chi connectivity index (χ1n) is 25.4. The highest BCUT2D eigenvalue weighted by Crippen LogP contribution is 2.48. The quantitative estimate of drug-likeness (QED) is 0.0424. The van der Waals surface area contributed by atoms with Crippen LogP contribution in [0.5, 0.6) is 23.0 Å². The number of nitrogens with zero attached hydrogens (tertiary/aromatic N) is 2. The number of aromatic hydroxyl groups is 4. The number of hydrogen-bond acceptors (Lipinski definition) is 7. The highest BCUT2D eigenvalue weighted by atomic mass is 16.3. The number of rotatable bonds is 9. The van der Waals surface area contributed by atoms with E-state index in [1.165, 1.54) is 32.7 Å². The molecule has 6 radical (unpaired) electrons. The minimum atomic E-state index is -0.547. The maximum atomic E-state index is 10.9. The summed E-state index contributed by atoms with van der Waals surface area (Å²) in [5.74, 6) is -1.15. The molecule has 0 atom stereocenters. The van der Waals surface area contributed by atoms with Gasteiger partial charge in [0.25, 0.3) is 0 Å². The Morgan fingerprint density at radius 1 is 0.427 bits per heavy atom. The SMILES string of the molecule is CC.CC.CO.[B]c1cc(-c2ccc(N(C3=CC=C(c4ccc5ccc6c(N(c7ccccc7)c7ccc(-c8c(C)c(O)c([B])c(O)c8O)cc7)ccc7ccc4c5c76)CC3)c3ccccc3)cc2)c(O)c([B])c1C. The Bertz CT molecular complexity index is 3680. The average molecular weight is 981 g/mol. The van der Waals surface area contributed by atoms with Gasteiger partial charge in [-0.3, -0.25) is 0 Å². The van der Waals surface area contributed by atoms with Crippen molar-refractivity contribution in [3.8, 4) is 45.3 Å². The lowest BCUT2D eigenvalue weighted by Crippen LogP contribution is -2.21. The van der Waals surface area contributed by atoms with Crippen molar-refractivity contribution in [2.24, 2.45) is 0 Å². The molecule has 0 saturated carbocycles. The second kappa shape index (κ2) is 22.8. The fourth-order valence-electron chi connectivity index (χ4n) is 10.2. The largest absolute Gasteiger partial charge is 0.508 e. The summed E-state index contributed by atoms with van der Waals surface area (Å²) in [7, 11) is 19.3. The van der Waals surface area contributed by atoms with Gasteiger partial charge in [-0.15, -0.1) is 0 Å². The summed E-state index contributed by atoms with van der Waals surface area (Å²) in [4.78, 5) is 4.53. The van der Waals surface area contributed by atoms with Crippen LogP contribution >= 0.6 is 0 Å². The minimum absolute atomic E-state index is 0.0333. The first-order chi connectivity index (χ1) is 36.5. The molecule has 368 valence electrons. The molecule has 10 aromatic rings. The van der Waals surface area contributed by atoms with Gasteiger partial charge in [-0.25, -0.2) is 0 Å². The third kappa shape index (κ3) is 9.70. The molecule has 0 amide bonds. The van der Waals surface area contributed by atoms with Crippen LogP contribution in [0, 0.1) is 13.8 Å². The van der Waals surface area contributed by atoms with Gasteiger partial charge in [-0.2, -0.15) is 0 Å². The minimum Gasteiger partial charge on any atom is -0.508 e. The summed E-state index contributed by atoms with van der Waals surface area (Å²) in [5, 5.41) is 57.1. The summed E-state index contributed by atoms with van der Waals surface area (Å²) >= 11 is 0. The fourth-order valence-corrected chi connectivity index (χ4v) is 10.2. The van der Waals surface area contributed by atoms with E-state index in [-0.39, 0.29) is 22.7 Å². The zero-order chi connectivity index (χ0) is 53.7. The number of hydrogen-bond donors (Lipinski definition) is 5. The van der Waals surface area contributed by atoms with Gasteiger partial charge in [0, 0.05) is 57.6 Å². The molecule has 10 aromatic carbocycles. The van der Waals surface area contributed by atoms with Gasteiger partial charge in [0.15, 0.2) is 11.5 Å². The van der Waals surface area contributed by atoms with E-state index in [2.05, 4.69) is 119 Å². The third-order valence-corrected chi connectivity index (χ3v) is 13.9. The Morgan fingerprint density at radius 3 is 1.52 bits per heavy atom. The molecule has 1 aliphatic rings. The Balaban J connectivity index is 0.00000120. The maximum Gasteiger partial charge on any atom is 0.165 e. The van der Waals surface area contributed by atoms with Crippen molar-refractivity contribution in [2.75, 3.05) is 16.9 Å². The zero-order valence-corrected chi connectivity index (χ0v) is 43.5. The second-order valence-corrected chi connectivity index (χ2v) is 17.8.